The van der Waals surface area contributed by atoms with Crippen molar-refractivity contribution in [3.8, 4) is 5.69 Å². The van der Waals surface area contributed by atoms with Crippen molar-refractivity contribution in [2.75, 3.05) is 18.4 Å². The van der Waals surface area contributed by atoms with Crippen molar-refractivity contribution in [2.24, 2.45) is 4.99 Å². The maximum Gasteiger partial charge on any atom is 0.262 e. The largest absolute Gasteiger partial charge is 0.306 e. The zero-order chi connectivity index (χ0) is 25.5. The summed E-state index contributed by atoms with van der Waals surface area (Å²) < 4.78 is 18.6. The smallest absolute Gasteiger partial charge is 0.262 e. The Morgan fingerprint density at radius 2 is 1.95 bits per heavy atom. The molecule has 2 aliphatic heterocycles. The second-order valence-electron chi connectivity index (χ2n) is 10.5. The average Bonchev–Trinajstić information content (AvgIpc) is 3.56. The fourth-order valence-electron chi connectivity index (χ4n) is 5.50. The van der Waals surface area contributed by atoms with Crippen molar-refractivity contribution in [3.05, 3.63) is 59.2 Å². The quantitative estimate of drug-likeness (QED) is 0.484. The number of fused-ring (bicyclic) bond motifs is 1. The summed E-state index contributed by atoms with van der Waals surface area (Å²) in [5.74, 6) is 0.866. The minimum Gasteiger partial charge on any atom is -0.306 e. The number of rotatable bonds is 6. The van der Waals surface area contributed by atoms with E-state index in [-0.39, 0.29) is 17.6 Å². The zero-order valence-corrected chi connectivity index (χ0v) is 21.3. The molecular formula is C28H32FN7O. The third-order valence-corrected chi connectivity index (χ3v) is 7.77. The van der Waals surface area contributed by atoms with Crippen LogP contribution in [0.2, 0.25) is 0 Å². The Morgan fingerprint density at radius 1 is 1.14 bits per heavy atom. The first kappa shape index (κ1) is 23.8. The van der Waals surface area contributed by atoms with E-state index >= 15 is 4.39 Å². The van der Waals surface area contributed by atoms with Crippen molar-refractivity contribution in [1.82, 2.24) is 24.5 Å². The number of likely N-dealkylation sites (tertiary alicyclic amines) is 1. The molecule has 37 heavy (non-hydrogen) atoms. The Kier molecular flexibility index (Phi) is 6.24. The first-order valence-corrected chi connectivity index (χ1v) is 13.2. The number of carbonyl (C=O) groups excluding carboxylic acids is 1. The van der Waals surface area contributed by atoms with Gasteiger partial charge in [-0.2, -0.15) is 10.2 Å². The molecule has 1 amide bonds. The summed E-state index contributed by atoms with van der Waals surface area (Å²) in [7, 11) is 0. The summed E-state index contributed by atoms with van der Waals surface area (Å²) in [4.78, 5) is 20.1. The number of carbonyl (C=O) groups is 1. The topological polar surface area (TPSA) is 80.3 Å². The van der Waals surface area contributed by atoms with Gasteiger partial charge >= 0.3 is 0 Å². The van der Waals surface area contributed by atoms with Gasteiger partial charge in [0.15, 0.2) is 5.82 Å². The minimum absolute atomic E-state index is 0.238. The van der Waals surface area contributed by atoms with Gasteiger partial charge in [-0.3, -0.25) is 9.69 Å². The highest BCUT2D eigenvalue weighted by molar-refractivity contribution is 6.07. The second kappa shape index (κ2) is 9.70. The molecule has 0 unspecified atom stereocenters. The molecule has 1 saturated carbocycles. The SMILES string of the molecule is CC(C)N1CC(c2cc(NC(=O)c3cnn4c3N=CCC=C4)n(-c3ccc(C4CCCC4)cc3F)n2)C1. The lowest BCUT2D eigenvalue weighted by Crippen LogP contribution is -2.48. The van der Waals surface area contributed by atoms with Crippen LogP contribution >= 0.6 is 0 Å². The van der Waals surface area contributed by atoms with Crippen molar-refractivity contribution < 1.29 is 9.18 Å². The van der Waals surface area contributed by atoms with E-state index in [2.05, 4.69) is 34.2 Å². The van der Waals surface area contributed by atoms with Crippen LogP contribution in [0.3, 0.4) is 0 Å². The van der Waals surface area contributed by atoms with E-state index in [1.54, 1.807) is 29.2 Å². The molecule has 0 bridgehead atoms. The molecular weight excluding hydrogens is 469 g/mol. The molecule has 0 spiro atoms. The number of hydrogen-bond acceptors (Lipinski definition) is 5. The van der Waals surface area contributed by atoms with E-state index in [0.29, 0.717) is 41.3 Å². The van der Waals surface area contributed by atoms with Gasteiger partial charge in [0.05, 0.1) is 11.9 Å². The van der Waals surface area contributed by atoms with Crippen LogP contribution in [0.1, 0.15) is 79.4 Å². The number of halogens is 1. The van der Waals surface area contributed by atoms with Crippen molar-refractivity contribution in [3.63, 3.8) is 0 Å². The summed E-state index contributed by atoms with van der Waals surface area (Å²) in [5, 5.41) is 12.0. The molecule has 1 N–H and O–H groups in total. The highest BCUT2D eigenvalue weighted by Crippen LogP contribution is 2.36. The van der Waals surface area contributed by atoms with E-state index in [1.807, 2.05) is 18.2 Å². The summed E-state index contributed by atoms with van der Waals surface area (Å²) in [6.45, 7) is 6.13. The van der Waals surface area contributed by atoms with Crippen LogP contribution in [0.15, 0.2) is 41.5 Å². The van der Waals surface area contributed by atoms with Crippen LogP contribution in [0, 0.1) is 5.82 Å². The number of allylic oxidation sites excluding steroid dienone is 1. The van der Waals surface area contributed by atoms with Crippen molar-refractivity contribution in [2.45, 2.75) is 63.8 Å². The number of hydrogen-bond donors (Lipinski definition) is 1. The van der Waals surface area contributed by atoms with Crippen LogP contribution in [-0.2, 0) is 0 Å². The second-order valence-corrected chi connectivity index (χ2v) is 10.5. The Bertz CT molecular complexity index is 1370. The van der Waals surface area contributed by atoms with E-state index in [1.165, 1.54) is 23.7 Å². The fraction of sp³-hybridized carbons (Fsp3) is 0.429. The third kappa shape index (κ3) is 4.52. The molecule has 9 heteroatoms. The lowest BCUT2D eigenvalue weighted by Gasteiger charge is -2.41. The first-order valence-electron chi connectivity index (χ1n) is 13.2. The standard InChI is InChI=1S/C28H32FN7O/c1-18(2)34-16-21(17-34)24-14-26(32-28(37)22-15-31-35-12-6-5-11-30-27(22)35)36(33-24)25-10-9-20(13-23(25)29)19-7-3-4-8-19/h6,9-15,18-19,21H,3-5,7-8,16-17H2,1-2H3,(H,32,37). The highest BCUT2D eigenvalue weighted by Gasteiger charge is 2.33. The normalized spacial score (nSPS) is 18.3. The predicted octanol–water partition coefficient (Wildman–Crippen LogP) is 5.50. The number of nitrogens with one attached hydrogen (secondary N) is 1. The number of benzene rings is 1. The zero-order valence-electron chi connectivity index (χ0n) is 21.3. The van der Waals surface area contributed by atoms with Crippen molar-refractivity contribution in [1.29, 1.82) is 0 Å². The molecule has 4 heterocycles. The van der Waals surface area contributed by atoms with Gasteiger partial charge in [0.2, 0.25) is 0 Å². The number of amides is 1. The third-order valence-electron chi connectivity index (χ3n) is 7.77. The Labute approximate surface area is 215 Å². The van der Waals surface area contributed by atoms with Crippen LogP contribution in [0.5, 0.6) is 0 Å². The molecule has 192 valence electrons. The van der Waals surface area contributed by atoms with Crippen LogP contribution in [-0.4, -0.2) is 55.7 Å². The average molecular weight is 502 g/mol. The molecule has 2 aromatic heterocycles. The summed E-state index contributed by atoms with van der Waals surface area (Å²) in [6.07, 6.45) is 12.2. The monoisotopic (exact) mass is 501 g/mol. The molecule has 3 aromatic rings. The van der Waals surface area contributed by atoms with Gasteiger partial charge in [-0.25, -0.2) is 18.7 Å². The van der Waals surface area contributed by atoms with Gasteiger partial charge in [0, 0.05) is 50.0 Å². The lowest BCUT2D eigenvalue weighted by molar-refractivity contribution is 0.102. The van der Waals surface area contributed by atoms with Crippen LogP contribution in [0.25, 0.3) is 11.9 Å². The van der Waals surface area contributed by atoms with Crippen LogP contribution < -0.4 is 5.32 Å². The first-order chi connectivity index (χ1) is 18.0. The molecule has 6 rings (SSSR count). The molecule has 1 aliphatic carbocycles. The predicted molar refractivity (Wildman–Crippen MR) is 142 cm³/mol. The summed E-state index contributed by atoms with van der Waals surface area (Å²) in [6, 6.07) is 7.77. The van der Waals surface area contributed by atoms with Gasteiger partial charge in [0.1, 0.15) is 22.9 Å². The summed E-state index contributed by atoms with van der Waals surface area (Å²) in [5.41, 5.74) is 2.57. The number of aliphatic imine (C=N–C) groups is 1. The minimum atomic E-state index is -0.359. The van der Waals surface area contributed by atoms with E-state index in [0.717, 1.165) is 37.2 Å². The van der Waals surface area contributed by atoms with E-state index in [4.69, 9.17) is 5.10 Å². The molecule has 2 fully saturated rings. The lowest BCUT2D eigenvalue weighted by atomic mass is 9.95. The van der Waals surface area contributed by atoms with Gasteiger partial charge in [-0.05, 0) is 50.3 Å². The maximum absolute atomic E-state index is 15.5. The van der Waals surface area contributed by atoms with Crippen molar-refractivity contribution >= 4 is 30.0 Å². The molecule has 1 saturated heterocycles. The van der Waals surface area contributed by atoms with E-state index < -0.39 is 0 Å². The number of nitrogens with zero attached hydrogens (tertiary/aromatic N) is 6. The van der Waals surface area contributed by atoms with Gasteiger partial charge in [-0.15, -0.1) is 0 Å². The Hall–Kier alpha value is -3.59. The highest BCUT2D eigenvalue weighted by atomic mass is 19.1. The molecule has 0 radical (unpaired) electrons. The molecule has 0 atom stereocenters. The molecule has 1 aromatic carbocycles. The van der Waals surface area contributed by atoms with Crippen LogP contribution in [0.4, 0.5) is 16.0 Å². The Morgan fingerprint density at radius 3 is 2.70 bits per heavy atom. The Balaban J connectivity index is 1.33. The summed E-state index contributed by atoms with van der Waals surface area (Å²) >= 11 is 0. The number of anilines is 1. The van der Waals surface area contributed by atoms with Gasteiger partial charge in [-0.1, -0.05) is 25.0 Å². The van der Waals surface area contributed by atoms with Gasteiger partial charge in [0.25, 0.3) is 5.91 Å². The van der Waals surface area contributed by atoms with E-state index in [9.17, 15) is 4.79 Å². The fourth-order valence-corrected chi connectivity index (χ4v) is 5.50. The van der Waals surface area contributed by atoms with Gasteiger partial charge < -0.3 is 5.32 Å². The maximum atomic E-state index is 15.5. The molecule has 3 aliphatic rings. The number of aromatic nitrogens is 4. The molecule has 8 nitrogen and oxygen atoms in total.